The quantitative estimate of drug-likeness (QED) is 0.691. The molecule has 0 aliphatic rings. The maximum atomic E-state index is 11.7. The molecule has 0 aliphatic heterocycles. The van der Waals surface area contributed by atoms with E-state index >= 15 is 0 Å². The lowest BCUT2D eigenvalue weighted by atomic mass is 10.1. The van der Waals surface area contributed by atoms with Crippen LogP contribution in [0.5, 0.6) is 0 Å². The maximum Gasteiger partial charge on any atom is 0.276 e. The Kier molecular flexibility index (Phi) is 5.10. The van der Waals surface area contributed by atoms with Crippen molar-refractivity contribution in [3.63, 3.8) is 0 Å². The maximum absolute atomic E-state index is 11.7. The summed E-state index contributed by atoms with van der Waals surface area (Å²) >= 11 is 0. The van der Waals surface area contributed by atoms with E-state index in [-0.39, 0.29) is 5.16 Å². The van der Waals surface area contributed by atoms with Crippen LogP contribution in [0.1, 0.15) is 25.0 Å². The Morgan fingerprint density at radius 3 is 2.65 bits per heavy atom. The average molecular weight is 260 g/mol. The fraction of sp³-hybridized carbons (Fsp3) is 0.700. The van der Waals surface area contributed by atoms with Gasteiger partial charge in [0.2, 0.25) is 5.16 Å². The molecule has 0 aliphatic carbocycles. The second kappa shape index (κ2) is 6.13. The molecular formula is C10H20N4O2S. The first kappa shape index (κ1) is 14.1. The number of nitrogens with one attached hydrogen (secondary N) is 1. The fourth-order valence-corrected chi connectivity index (χ4v) is 2.20. The highest BCUT2D eigenvalue weighted by atomic mass is 32.2. The van der Waals surface area contributed by atoms with Crippen LogP contribution in [-0.4, -0.2) is 43.3 Å². The van der Waals surface area contributed by atoms with Crippen LogP contribution in [0, 0.1) is 0 Å². The molecule has 7 heteroatoms. The lowest BCUT2D eigenvalue weighted by Gasteiger charge is -2.07. The molecule has 0 saturated carbocycles. The number of unbranched alkanes of at least 4 members (excludes halogenated alkanes) is 2. The Morgan fingerprint density at radius 1 is 1.35 bits per heavy atom. The number of nitrogens with zero attached hydrogens (tertiary/aromatic N) is 2. The van der Waals surface area contributed by atoms with E-state index in [0.29, 0.717) is 6.54 Å². The van der Waals surface area contributed by atoms with Crippen molar-refractivity contribution in [2.45, 2.75) is 30.8 Å². The molecular weight excluding hydrogens is 240 g/mol. The Balaban J connectivity index is 2.60. The van der Waals surface area contributed by atoms with Crippen LogP contribution in [0.3, 0.4) is 0 Å². The Hall–Kier alpha value is -0.920. The molecule has 1 aromatic rings. The van der Waals surface area contributed by atoms with Gasteiger partial charge in [-0.2, -0.15) is 0 Å². The number of hydrogen-bond acceptors (Lipinski definition) is 4. The highest BCUT2D eigenvalue weighted by Crippen LogP contribution is 2.10. The van der Waals surface area contributed by atoms with Crippen molar-refractivity contribution < 1.29 is 8.42 Å². The molecule has 0 atom stereocenters. The summed E-state index contributed by atoms with van der Waals surface area (Å²) in [5, 5.41) is 0.0105. The first-order chi connectivity index (χ1) is 7.98. The van der Waals surface area contributed by atoms with E-state index in [4.69, 9.17) is 5.73 Å². The van der Waals surface area contributed by atoms with Gasteiger partial charge in [0.05, 0.1) is 0 Å². The smallest absolute Gasteiger partial charge is 0.276 e. The number of aromatic amines is 1. The molecule has 0 unspecified atom stereocenters. The molecule has 3 N–H and O–H groups in total. The van der Waals surface area contributed by atoms with Crippen molar-refractivity contribution in [1.29, 1.82) is 0 Å². The van der Waals surface area contributed by atoms with Crippen molar-refractivity contribution in [2.75, 3.05) is 20.6 Å². The van der Waals surface area contributed by atoms with E-state index in [1.165, 1.54) is 14.1 Å². The van der Waals surface area contributed by atoms with Crippen LogP contribution in [0.4, 0.5) is 0 Å². The van der Waals surface area contributed by atoms with Gasteiger partial charge in [0.1, 0.15) is 0 Å². The first-order valence-electron chi connectivity index (χ1n) is 5.65. The highest BCUT2D eigenvalue weighted by Gasteiger charge is 2.20. The molecule has 0 aromatic carbocycles. The van der Waals surface area contributed by atoms with Crippen LogP contribution in [0.25, 0.3) is 0 Å². The normalized spacial score (nSPS) is 12.2. The first-order valence-corrected chi connectivity index (χ1v) is 7.09. The van der Waals surface area contributed by atoms with Gasteiger partial charge in [-0.25, -0.2) is 17.7 Å². The highest BCUT2D eigenvalue weighted by molar-refractivity contribution is 7.88. The number of hydrogen-bond donors (Lipinski definition) is 2. The zero-order valence-corrected chi connectivity index (χ0v) is 11.1. The third-order valence-corrected chi connectivity index (χ3v) is 4.14. The molecule has 0 bridgehead atoms. The largest absolute Gasteiger partial charge is 0.332 e. The predicted molar refractivity (Wildman–Crippen MR) is 66.1 cm³/mol. The van der Waals surface area contributed by atoms with Gasteiger partial charge in [0, 0.05) is 26.0 Å². The zero-order chi connectivity index (χ0) is 12.9. The van der Waals surface area contributed by atoms with Crippen molar-refractivity contribution in [2.24, 2.45) is 5.73 Å². The third-order valence-electron chi connectivity index (χ3n) is 2.48. The van der Waals surface area contributed by atoms with Gasteiger partial charge < -0.3 is 10.7 Å². The van der Waals surface area contributed by atoms with Crippen molar-refractivity contribution >= 4 is 10.0 Å². The van der Waals surface area contributed by atoms with Crippen molar-refractivity contribution in [3.05, 3.63) is 11.9 Å². The zero-order valence-electron chi connectivity index (χ0n) is 10.3. The summed E-state index contributed by atoms with van der Waals surface area (Å²) in [5.41, 5.74) is 6.25. The Labute approximate surface area is 102 Å². The molecule has 0 saturated heterocycles. The molecule has 1 rings (SSSR count). The standard InChI is InChI=1S/C10H20N4O2S/c1-14(2)17(15,16)10-12-8-9(13-10)6-4-3-5-7-11/h8H,3-7,11H2,1-2H3,(H,12,13). The monoisotopic (exact) mass is 260 g/mol. The van der Waals surface area contributed by atoms with E-state index in [2.05, 4.69) is 9.97 Å². The van der Waals surface area contributed by atoms with Crippen LogP contribution < -0.4 is 5.73 Å². The summed E-state index contributed by atoms with van der Waals surface area (Å²) in [6, 6.07) is 0. The molecule has 17 heavy (non-hydrogen) atoms. The number of imidazole rings is 1. The number of H-pyrrole nitrogens is 1. The number of nitrogens with two attached hydrogens (primary N) is 1. The Morgan fingerprint density at radius 2 is 2.06 bits per heavy atom. The molecule has 98 valence electrons. The van der Waals surface area contributed by atoms with E-state index in [0.717, 1.165) is 35.7 Å². The fourth-order valence-electron chi connectivity index (χ4n) is 1.41. The molecule has 6 nitrogen and oxygen atoms in total. The van der Waals surface area contributed by atoms with Gasteiger partial charge in [-0.15, -0.1) is 0 Å². The predicted octanol–water partition coefficient (Wildman–Crippen LogP) is 0.332. The third kappa shape index (κ3) is 3.79. The summed E-state index contributed by atoms with van der Waals surface area (Å²) in [4.78, 5) is 6.74. The average Bonchev–Trinajstić information content (AvgIpc) is 2.73. The van der Waals surface area contributed by atoms with Gasteiger partial charge in [-0.05, 0) is 25.8 Å². The van der Waals surface area contributed by atoms with Gasteiger partial charge in [0.15, 0.2) is 0 Å². The lowest BCUT2D eigenvalue weighted by molar-refractivity contribution is 0.513. The van der Waals surface area contributed by atoms with E-state index < -0.39 is 10.0 Å². The topological polar surface area (TPSA) is 92.1 Å². The molecule has 0 spiro atoms. The number of rotatable bonds is 7. The molecule has 1 aromatic heterocycles. The van der Waals surface area contributed by atoms with Gasteiger partial charge in [0.25, 0.3) is 10.0 Å². The lowest BCUT2D eigenvalue weighted by Crippen LogP contribution is -2.23. The minimum absolute atomic E-state index is 0.0105. The molecule has 1 heterocycles. The minimum Gasteiger partial charge on any atom is -0.332 e. The van der Waals surface area contributed by atoms with Crippen LogP contribution >= 0.6 is 0 Å². The van der Waals surface area contributed by atoms with Gasteiger partial charge in [-0.3, -0.25) is 0 Å². The van der Waals surface area contributed by atoms with E-state index in [9.17, 15) is 8.42 Å². The summed E-state index contributed by atoms with van der Waals surface area (Å²) < 4.78 is 24.6. The number of sulfonamides is 1. The summed E-state index contributed by atoms with van der Waals surface area (Å²) in [6.45, 7) is 0.698. The molecule has 0 radical (unpaired) electrons. The summed E-state index contributed by atoms with van der Waals surface area (Å²) in [6.07, 6.45) is 5.41. The van der Waals surface area contributed by atoms with Crippen LogP contribution in [-0.2, 0) is 16.4 Å². The minimum atomic E-state index is -3.44. The second-order valence-corrected chi connectivity index (χ2v) is 6.17. The van der Waals surface area contributed by atoms with Crippen molar-refractivity contribution in [1.82, 2.24) is 14.3 Å². The summed E-state index contributed by atoms with van der Waals surface area (Å²) in [5.74, 6) is 0. The summed E-state index contributed by atoms with van der Waals surface area (Å²) in [7, 11) is -0.475. The van der Waals surface area contributed by atoms with Crippen LogP contribution in [0.15, 0.2) is 11.4 Å². The van der Waals surface area contributed by atoms with E-state index in [1.807, 2.05) is 0 Å². The Bertz CT molecular complexity index is 439. The number of aryl methyl sites for hydroxylation is 1. The second-order valence-electron chi connectivity index (χ2n) is 4.10. The van der Waals surface area contributed by atoms with Crippen LogP contribution in [0.2, 0.25) is 0 Å². The number of aromatic nitrogens is 2. The van der Waals surface area contributed by atoms with Gasteiger partial charge in [-0.1, -0.05) is 6.42 Å². The SMILES string of the molecule is CN(C)S(=O)(=O)c1ncc(CCCCCN)[nH]1. The van der Waals surface area contributed by atoms with Gasteiger partial charge >= 0.3 is 0 Å². The van der Waals surface area contributed by atoms with Crippen molar-refractivity contribution in [3.8, 4) is 0 Å². The molecule has 0 amide bonds. The van der Waals surface area contributed by atoms with E-state index in [1.54, 1.807) is 6.20 Å². The molecule has 0 fully saturated rings.